The number of hydrogen-bond donors (Lipinski definition) is 3. The van der Waals surface area contributed by atoms with Crippen LogP contribution in [-0.4, -0.2) is 62.4 Å². The summed E-state index contributed by atoms with van der Waals surface area (Å²) in [6, 6.07) is 0. The summed E-state index contributed by atoms with van der Waals surface area (Å²) in [5.41, 5.74) is 0. The lowest BCUT2D eigenvalue weighted by atomic mass is 10.4. The minimum absolute atomic E-state index is 0.0131. The predicted molar refractivity (Wildman–Crippen MR) is 57.6 cm³/mol. The van der Waals surface area contributed by atoms with E-state index >= 15 is 0 Å². The van der Waals surface area contributed by atoms with Crippen LogP contribution in [0.2, 0.25) is 0 Å². The first-order valence-electron chi connectivity index (χ1n) is 4.74. The Bertz CT molecular complexity index is 494. The van der Waals surface area contributed by atoms with Gasteiger partial charge in [0.05, 0.1) is 16.8 Å². The number of carbonyl (C=O) groups is 1. The van der Waals surface area contributed by atoms with Crippen LogP contribution in [0.3, 0.4) is 0 Å². The van der Waals surface area contributed by atoms with Crippen LogP contribution in [0.25, 0.3) is 0 Å². The van der Waals surface area contributed by atoms with Gasteiger partial charge in [-0.1, -0.05) is 0 Å². The number of hydrogen-bond acceptors (Lipinski definition) is 6. The highest BCUT2D eigenvalue weighted by molar-refractivity contribution is 7.95. The summed E-state index contributed by atoms with van der Waals surface area (Å²) in [4.78, 5) is 10.3. The Hall–Kier alpha value is -0.710. The van der Waals surface area contributed by atoms with E-state index < -0.39 is 49.5 Å². The average molecular weight is 287 g/mol. The molecule has 3 N–H and O–H groups in total. The van der Waals surface area contributed by atoms with Gasteiger partial charge in [-0.25, -0.2) is 26.4 Å². The monoisotopic (exact) mass is 287 g/mol. The van der Waals surface area contributed by atoms with Crippen molar-refractivity contribution >= 4 is 25.8 Å². The molecule has 8 nitrogen and oxygen atoms in total. The van der Waals surface area contributed by atoms with Crippen molar-refractivity contribution in [3.05, 3.63) is 0 Å². The van der Waals surface area contributed by atoms with Crippen molar-refractivity contribution in [3.8, 4) is 0 Å². The van der Waals surface area contributed by atoms with Gasteiger partial charge < -0.3 is 10.2 Å². The molecular weight excluding hydrogens is 274 g/mol. The van der Waals surface area contributed by atoms with Crippen molar-refractivity contribution in [1.29, 1.82) is 0 Å². The van der Waals surface area contributed by atoms with E-state index in [4.69, 9.17) is 10.2 Å². The van der Waals surface area contributed by atoms with E-state index in [2.05, 4.69) is 0 Å². The van der Waals surface area contributed by atoms with Crippen LogP contribution in [0.5, 0.6) is 0 Å². The molecular formula is C7H13NO7S2. The Morgan fingerprint density at radius 1 is 1.47 bits per heavy atom. The summed E-state index contributed by atoms with van der Waals surface area (Å²) in [6.07, 6.45) is -1.86. The Morgan fingerprint density at radius 2 is 2.06 bits per heavy atom. The lowest BCUT2D eigenvalue weighted by Crippen LogP contribution is -2.41. The third-order valence-electron chi connectivity index (χ3n) is 2.39. The zero-order chi connectivity index (χ0) is 13.3. The zero-order valence-corrected chi connectivity index (χ0v) is 10.4. The second kappa shape index (κ2) is 4.88. The zero-order valence-electron chi connectivity index (χ0n) is 8.74. The van der Waals surface area contributed by atoms with E-state index in [1.807, 2.05) is 4.72 Å². The van der Waals surface area contributed by atoms with Crippen molar-refractivity contribution in [2.75, 3.05) is 18.1 Å². The van der Waals surface area contributed by atoms with Crippen LogP contribution in [0.1, 0.15) is 6.42 Å². The van der Waals surface area contributed by atoms with Crippen LogP contribution in [-0.2, 0) is 24.7 Å². The van der Waals surface area contributed by atoms with E-state index in [9.17, 15) is 21.6 Å². The number of aliphatic hydroxyl groups excluding tert-OH is 1. The highest BCUT2D eigenvalue weighted by Gasteiger charge is 2.37. The number of aliphatic hydroxyl groups is 1. The van der Waals surface area contributed by atoms with Crippen molar-refractivity contribution in [3.63, 3.8) is 0 Å². The van der Waals surface area contributed by atoms with Crippen LogP contribution in [0.15, 0.2) is 0 Å². The van der Waals surface area contributed by atoms with Gasteiger partial charge in [-0.2, -0.15) is 0 Å². The van der Waals surface area contributed by atoms with Gasteiger partial charge >= 0.3 is 5.97 Å². The van der Waals surface area contributed by atoms with Gasteiger partial charge in [0.1, 0.15) is 0 Å². The summed E-state index contributed by atoms with van der Waals surface area (Å²) in [7, 11) is -7.24. The molecule has 0 aliphatic carbocycles. The number of rotatable bonds is 5. The number of carboxylic acid groups (broad SMARTS) is 1. The third kappa shape index (κ3) is 3.91. The Kier molecular flexibility index (Phi) is 4.12. The summed E-state index contributed by atoms with van der Waals surface area (Å²) in [6.45, 7) is -0.672. The molecule has 0 amide bonds. The standard InChI is InChI=1S/C7H13NO7S2/c9-6(7(10)11)3-8-17(14,15)5-1-2-16(12,13)4-5/h5-6,8-9H,1-4H2,(H,10,11)/t5?,6-/m0/s1. The molecule has 0 aromatic heterocycles. The molecule has 0 saturated carbocycles. The molecule has 1 saturated heterocycles. The normalized spacial score (nSPS) is 25.6. The first kappa shape index (κ1) is 14.4. The van der Waals surface area contributed by atoms with Gasteiger partial charge in [-0.15, -0.1) is 0 Å². The minimum Gasteiger partial charge on any atom is -0.479 e. The average Bonchev–Trinajstić information content (AvgIpc) is 2.56. The van der Waals surface area contributed by atoms with Crippen molar-refractivity contribution in [2.45, 2.75) is 17.8 Å². The van der Waals surface area contributed by atoms with Crippen molar-refractivity contribution in [2.24, 2.45) is 0 Å². The van der Waals surface area contributed by atoms with Crippen LogP contribution in [0, 0.1) is 0 Å². The van der Waals surface area contributed by atoms with Gasteiger partial charge in [0.15, 0.2) is 15.9 Å². The molecule has 1 fully saturated rings. The molecule has 0 bridgehead atoms. The molecule has 1 heterocycles. The third-order valence-corrected chi connectivity index (χ3v) is 6.22. The van der Waals surface area contributed by atoms with E-state index in [-0.39, 0.29) is 12.2 Å². The first-order chi connectivity index (χ1) is 7.64. The van der Waals surface area contributed by atoms with Gasteiger partial charge in [0.2, 0.25) is 10.0 Å². The smallest absolute Gasteiger partial charge is 0.333 e. The van der Waals surface area contributed by atoms with E-state index in [0.717, 1.165) is 0 Å². The van der Waals surface area contributed by atoms with Gasteiger partial charge in [-0.05, 0) is 6.42 Å². The van der Waals surface area contributed by atoms with Crippen LogP contribution >= 0.6 is 0 Å². The molecule has 1 unspecified atom stereocenters. The summed E-state index contributed by atoms with van der Waals surface area (Å²) >= 11 is 0. The molecule has 0 radical (unpaired) electrons. The lowest BCUT2D eigenvalue weighted by molar-refractivity contribution is -0.146. The fourth-order valence-corrected chi connectivity index (χ4v) is 5.49. The minimum atomic E-state index is -3.91. The highest BCUT2D eigenvalue weighted by Crippen LogP contribution is 2.17. The highest BCUT2D eigenvalue weighted by atomic mass is 32.2. The Labute approximate surface area is 98.6 Å². The quantitative estimate of drug-likeness (QED) is 0.509. The Morgan fingerprint density at radius 3 is 2.47 bits per heavy atom. The van der Waals surface area contributed by atoms with Gasteiger partial charge in [0.25, 0.3) is 0 Å². The molecule has 1 aliphatic heterocycles. The fraction of sp³-hybridized carbons (Fsp3) is 0.857. The number of sulfonamides is 1. The van der Waals surface area contributed by atoms with Crippen molar-refractivity contribution < 1.29 is 31.8 Å². The summed E-state index contributed by atoms with van der Waals surface area (Å²) in [5.74, 6) is -2.21. The molecule has 17 heavy (non-hydrogen) atoms. The Balaban J connectivity index is 2.62. The summed E-state index contributed by atoms with van der Waals surface area (Å²) in [5, 5.41) is 16.2. The SMILES string of the molecule is O=C(O)[C@@H](O)CNS(=O)(=O)C1CCS(=O)(=O)C1. The number of carboxylic acids is 1. The maximum absolute atomic E-state index is 11.6. The topological polar surface area (TPSA) is 138 Å². The second-order valence-corrected chi connectivity index (χ2v) is 8.05. The van der Waals surface area contributed by atoms with Crippen LogP contribution in [0.4, 0.5) is 0 Å². The maximum atomic E-state index is 11.6. The predicted octanol–water partition coefficient (Wildman–Crippen LogP) is -2.46. The lowest BCUT2D eigenvalue weighted by Gasteiger charge is -2.12. The molecule has 10 heteroatoms. The van der Waals surface area contributed by atoms with E-state index in [0.29, 0.717) is 0 Å². The fourth-order valence-electron chi connectivity index (χ4n) is 1.41. The second-order valence-electron chi connectivity index (χ2n) is 3.77. The molecule has 2 atom stereocenters. The molecule has 0 spiro atoms. The van der Waals surface area contributed by atoms with E-state index in [1.165, 1.54) is 0 Å². The van der Waals surface area contributed by atoms with Gasteiger partial charge in [-0.3, -0.25) is 0 Å². The molecule has 0 aromatic carbocycles. The molecule has 0 aromatic rings. The number of aliphatic carboxylic acids is 1. The van der Waals surface area contributed by atoms with Crippen molar-refractivity contribution in [1.82, 2.24) is 4.72 Å². The number of sulfone groups is 1. The summed E-state index contributed by atoms with van der Waals surface area (Å²) < 4.78 is 47.2. The largest absolute Gasteiger partial charge is 0.479 e. The van der Waals surface area contributed by atoms with Gasteiger partial charge in [0, 0.05) is 6.54 Å². The number of nitrogens with one attached hydrogen (secondary N) is 1. The molecule has 1 aliphatic rings. The maximum Gasteiger partial charge on any atom is 0.333 e. The molecule has 100 valence electrons. The van der Waals surface area contributed by atoms with Crippen LogP contribution < -0.4 is 4.72 Å². The first-order valence-corrected chi connectivity index (χ1v) is 8.10. The van der Waals surface area contributed by atoms with E-state index in [1.54, 1.807) is 0 Å². The molecule has 1 rings (SSSR count).